The molecule has 4 aromatic heterocycles. The number of aliphatic hydroxyl groups excluding tert-OH is 1. The fourth-order valence-electron chi connectivity index (χ4n) is 6.42. The van der Waals surface area contributed by atoms with Crippen LogP contribution in [0, 0.1) is 37.5 Å². The van der Waals surface area contributed by atoms with E-state index in [0.717, 1.165) is 54.8 Å². The van der Waals surface area contributed by atoms with Gasteiger partial charge in [-0.15, -0.1) is 0 Å². The van der Waals surface area contributed by atoms with Crippen LogP contribution in [0.3, 0.4) is 0 Å². The molecule has 4 aromatic carbocycles. The minimum atomic E-state index is -0.687. The van der Waals surface area contributed by atoms with Gasteiger partial charge in [-0.2, -0.15) is 0 Å². The average molecular weight is 1560 g/mol. The van der Waals surface area contributed by atoms with Gasteiger partial charge in [-0.3, -0.25) is 37.4 Å². The van der Waals surface area contributed by atoms with Crippen LogP contribution in [0.5, 0.6) is 0 Å². The number of hydrogen-bond donors (Lipinski definition) is 3. The van der Waals surface area contributed by atoms with Crippen molar-refractivity contribution in [2.24, 2.45) is 28.2 Å². The number of rotatable bonds is 6. The van der Waals surface area contributed by atoms with Crippen molar-refractivity contribution in [3.05, 3.63) is 228 Å². The zero-order valence-electron chi connectivity index (χ0n) is 40.3. The quantitative estimate of drug-likeness (QED) is 0.0898. The molecule has 0 radical (unpaired) electrons. The molecular formula is C48H44Cl2F4I4N10O9. The van der Waals surface area contributed by atoms with Gasteiger partial charge in [0.2, 0.25) is 0 Å². The highest BCUT2D eigenvalue weighted by atomic mass is 127. The minimum absolute atomic E-state index is 0. The Morgan fingerprint density at radius 1 is 0.390 bits per heavy atom. The van der Waals surface area contributed by atoms with Crippen LogP contribution in [0.25, 0.3) is 22.7 Å². The van der Waals surface area contributed by atoms with Crippen LogP contribution >= 0.6 is 114 Å². The lowest BCUT2D eigenvalue weighted by molar-refractivity contribution is 0.399. The molecule has 4 heterocycles. The smallest absolute Gasteiger partial charge is 0.337 e. The van der Waals surface area contributed by atoms with E-state index in [2.05, 4.69) is 10.6 Å². The molecule has 0 fully saturated rings. The van der Waals surface area contributed by atoms with E-state index < -0.39 is 68.3 Å². The maximum Gasteiger partial charge on any atom is 0.337 e. The number of hydrogen-bond acceptors (Lipinski definition) is 11. The summed E-state index contributed by atoms with van der Waals surface area (Å²) in [6, 6.07) is 22.1. The third-order valence-corrected chi connectivity index (χ3v) is 13.6. The summed E-state index contributed by atoms with van der Waals surface area (Å²) in [6.45, 7) is 0. The molecule has 29 heteroatoms. The molecule has 19 nitrogen and oxygen atoms in total. The molecule has 0 bridgehead atoms. The molecule has 0 atom stereocenters. The Balaban J connectivity index is 0.000000266. The molecule has 0 unspecified atom stereocenters. The molecule has 0 aliphatic carbocycles. The van der Waals surface area contributed by atoms with E-state index in [-0.39, 0.29) is 46.3 Å². The summed E-state index contributed by atoms with van der Waals surface area (Å²) in [5.41, 5.74) is -4.81. The highest BCUT2D eigenvalue weighted by molar-refractivity contribution is 14.1. The molecule has 0 saturated heterocycles. The van der Waals surface area contributed by atoms with E-state index in [1.54, 1.807) is 38.4 Å². The molecule has 3 N–H and O–H groups in total. The van der Waals surface area contributed by atoms with Gasteiger partial charge in [0, 0.05) is 87.9 Å². The first kappa shape index (κ1) is 65.7. The van der Waals surface area contributed by atoms with Crippen molar-refractivity contribution in [1.29, 1.82) is 0 Å². The molecule has 8 rings (SSSR count). The van der Waals surface area contributed by atoms with Crippen LogP contribution in [0.2, 0.25) is 10.3 Å². The van der Waals surface area contributed by atoms with E-state index in [9.17, 15) is 55.9 Å². The molecule has 0 aliphatic heterocycles. The first-order chi connectivity index (χ1) is 35.7. The summed E-state index contributed by atoms with van der Waals surface area (Å²) in [5.74, 6) is -1.73. The summed E-state index contributed by atoms with van der Waals surface area (Å²) < 4.78 is 66.0. The van der Waals surface area contributed by atoms with E-state index in [4.69, 9.17) is 28.3 Å². The Labute approximate surface area is 498 Å². The Hall–Kier alpha value is -5.62. The zero-order chi connectivity index (χ0) is 57.2. The highest BCUT2D eigenvalue weighted by Crippen LogP contribution is 2.20. The van der Waals surface area contributed by atoms with Crippen molar-refractivity contribution in [3.8, 4) is 22.7 Å². The Kier molecular flexibility index (Phi) is 24.6. The first-order valence-electron chi connectivity index (χ1n) is 21.0. The number of nitrogens with one attached hydrogen (secondary N) is 2. The third kappa shape index (κ3) is 15.4. The van der Waals surface area contributed by atoms with Crippen molar-refractivity contribution in [3.63, 3.8) is 0 Å². The van der Waals surface area contributed by atoms with Gasteiger partial charge in [0.1, 0.15) is 45.2 Å². The van der Waals surface area contributed by atoms with Crippen LogP contribution < -0.4 is 55.6 Å². The van der Waals surface area contributed by atoms with Gasteiger partial charge in [-0.05, 0) is 163 Å². The topological polar surface area (TPSA) is 220 Å². The normalized spacial score (nSPS) is 10.3. The Morgan fingerprint density at radius 2 is 0.675 bits per heavy atom. The SMILES string of the molecule is C.CNc1cc(=O)n(-c2ccc(I)cc2F)c(=O)n1C.CNc1cc(=O)n(C)c(=O)n1-c1ccc(I)cc1F.CO.Cn1c(=O)cc(Cl)n(-c2ccc(I)cc2F)c1=O.Cn1c(Cl)cc(=O)n(-c2ccc(I)cc2F)c1=O. The fraction of sp³-hybridized carbons (Fsp3) is 0.167. The molecule has 0 amide bonds. The largest absolute Gasteiger partial charge is 0.400 e. The van der Waals surface area contributed by atoms with Gasteiger partial charge < -0.3 is 15.7 Å². The van der Waals surface area contributed by atoms with Crippen molar-refractivity contribution in [2.75, 3.05) is 31.8 Å². The van der Waals surface area contributed by atoms with Crippen LogP contribution in [0.4, 0.5) is 29.2 Å². The second-order valence-electron chi connectivity index (χ2n) is 14.9. The summed E-state index contributed by atoms with van der Waals surface area (Å²) in [4.78, 5) is 94.7. The van der Waals surface area contributed by atoms with Gasteiger partial charge in [0.05, 0.1) is 22.7 Å². The summed E-state index contributed by atoms with van der Waals surface area (Å²) >= 11 is 19.4. The Morgan fingerprint density at radius 3 is 1.05 bits per heavy atom. The maximum atomic E-state index is 14.0. The molecule has 0 spiro atoms. The predicted molar refractivity (Wildman–Crippen MR) is 324 cm³/mol. The Bertz CT molecular complexity index is 4010. The van der Waals surface area contributed by atoms with Crippen molar-refractivity contribution < 1.29 is 22.7 Å². The molecule has 0 aliphatic rings. The molecule has 410 valence electrons. The predicted octanol–water partition coefficient (Wildman–Crippen LogP) is 6.75. The lowest BCUT2D eigenvalue weighted by Crippen LogP contribution is -2.38. The maximum absolute atomic E-state index is 14.0. The number of halogens is 10. The van der Waals surface area contributed by atoms with E-state index >= 15 is 0 Å². The van der Waals surface area contributed by atoms with Crippen molar-refractivity contribution >= 4 is 125 Å². The monoisotopic (exact) mass is 1560 g/mol. The van der Waals surface area contributed by atoms with Crippen molar-refractivity contribution in [2.45, 2.75) is 7.43 Å². The molecule has 8 aromatic rings. The molecule has 0 saturated carbocycles. The standard InChI is InChI=1S/2C12H11FIN3O2.2C11H7ClFIN2O2.CH4O.CH4/c1-15-10-6-11(18)16(2)12(19)17(10)9-4-3-7(14)5-8(9)13;1-15-10-6-11(18)17(12(19)16(10)2)9-4-3-7(14)5-8(9)13;1-15-10(17)5-9(12)16(11(15)18)8-3-2-6(14)4-7(8)13;1-15-9(12)5-10(17)16(11(15)18)8-3-2-6(14)4-7(8)13;1-2;/h2*3-6,15H,1-2H3;2*2-5H,1H3;2H,1H3;1H4. The van der Waals surface area contributed by atoms with Gasteiger partial charge in [0.25, 0.3) is 22.2 Å². The second kappa shape index (κ2) is 28.8. The first-order valence-corrected chi connectivity index (χ1v) is 26.1. The second-order valence-corrected chi connectivity index (χ2v) is 20.7. The van der Waals surface area contributed by atoms with E-state index in [0.29, 0.717) is 16.5 Å². The fourth-order valence-corrected chi connectivity index (χ4v) is 8.65. The highest BCUT2D eigenvalue weighted by Gasteiger charge is 2.17. The number of benzene rings is 4. The summed E-state index contributed by atoms with van der Waals surface area (Å²) in [5, 5.41) is 12.3. The van der Waals surface area contributed by atoms with E-state index in [1.165, 1.54) is 93.4 Å². The number of aliphatic hydroxyl groups is 1. The lowest BCUT2D eigenvalue weighted by Gasteiger charge is -2.14. The molecular weight excluding hydrogens is 1520 g/mol. The van der Waals surface area contributed by atoms with Crippen LogP contribution in [-0.4, -0.2) is 62.8 Å². The average Bonchev–Trinajstić information content (AvgIpc) is 3.36. The minimum Gasteiger partial charge on any atom is -0.400 e. The number of anilines is 2. The van der Waals surface area contributed by atoms with Gasteiger partial charge in [0.15, 0.2) is 0 Å². The van der Waals surface area contributed by atoms with Gasteiger partial charge in [-0.1, -0.05) is 30.6 Å². The van der Waals surface area contributed by atoms with Crippen LogP contribution in [-0.2, 0) is 28.2 Å². The zero-order valence-corrected chi connectivity index (χ0v) is 50.5. The van der Waals surface area contributed by atoms with Gasteiger partial charge >= 0.3 is 22.8 Å². The lowest BCUT2D eigenvalue weighted by atomic mass is 10.3. The van der Waals surface area contributed by atoms with Crippen LogP contribution in [0.15, 0.2) is 135 Å². The summed E-state index contributed by atoms with van der Waals surface area (Å²) in [7, 11) is 9.74. The van der Waals surface area contributed by atoms with E-state index in [1.807, 2.05) is 90.4 Å². The third-order valence-electron chi connectivity index (χ3n) is 10.3. The van der Waals surface area contributed by atoms with Gasteiger partial charge in [-0.25, -0.2) is 55.0 Å². The molecule has 77 heavy (non-hydrogen) atoms. The summed E-state index contributed by atoms with van der Waals surface area (Å²) in [6.07, 6.45) is 0. The van der Waals surface area contributed by atoms with Crippen LogP contribution in [0.1, 0.15) is 7.43 Å². The van der Waals surface area contributed by atoms with Crippen molar-refractivity contribution in [1.82, 2.24) is 36.5 Å². The number of nitrogens with zero attached hydrogens (tertiary/aromatic N) is 8. The number of aromatic nitrogens is 8.